The molecule has 4 rings (SSSR count). The second-order valence-electron chi connectivity index (χ2n) is 6.60. The monoisotopic (exact) mass is 397 g/mol. The topological polar surface area (TPSA) is 74.8 Å². The fourth-order valence-corrected chi connectivity index (χ4v) is 3.53. The SMILES string of the molecule is O=C([C@H]1CCN(c2nnco2)C[C@H]1F)N1N=CC[C@@H]1c1cc(F)cc(F)c1F. The first-order valence-corrected chi connectivity index (χ1v) is 8.61. The summed E-state index contributed by atoms with van der Waals surface area (Å²) in [6.07, 6.45) is 1.12. The minimum atomic E-state index is -1.56. The molecule has 3 heterocycles. The van der Waals surface area contributed by atoms with Crippen LogP contribution in [0.1, 0.15) is 24.4 Å². The van der Waals surface area contributed by atoms with Crippen molar-refractivity contribution in [2.45, 2.75) is 25.1 Å². The lowest BCUT2D eigenvalue weighted by Crippen LogP contribution is -2.48. The van der Waals surface area contributed by atoms with E-state index in [4.69, 9.17) is 4.42 Å². The van der Waals surface area contributed by atoms with Crippen LogP contribution in [0.3, 0.4) is 0 Å². The van der Waals surface area contributed by atoms with E-state index in [0.717, 1.165) is 17.5 Å². The van der Waals surface area contributed by atoms with Crippen molar-refractivity contribution in [3.63, 3.8) is 0 Å². The van der Waals surface area contributed by atoms with Gasteiger partial charge in [-0.3, -0.25) is 4.79 Å². The van der Waals surface area contributed by atoms with Gasteiger partial charge in [0.05, 0.1) is 18.5 Å². The van der Waals surface area contributed by atoms with Crippen LogP contribution in [-0.2, 0) is 4.79 Å². The molecular weight excluding hydrogens is 382 g/mol. The zero-order chi connectivity index (χ0) is 19.8. The van der Waals surface area contributed by atoms with Gasteiger partial charge in [-0.25, -0.2) is 22.6 Å². The van der Waals surface area contributed by atoms with E-state index in [1.54, 1.807) is 0 Å². The van der Waals surface area contributed by atoms with Crippen LogP contribution < -0.4 is 4.90 Å². The maximum Gasteiger partial charge on any atom is 0.318 e. The van der Waals surface area contributed by atoms with E-state index in [2.05, 4.69) is 15.3 Å². The summed E-state index contributed by atoms with van der Waals surface area (Å²) in [5.74, 6) is -5.27. The van der Waals surface area contributed by atoms with E-state index in [-0.39, 0.29) is 31.0 Å². The molecule has 1 aromatic heterocycles. The van der Waals surface area contributed by atoms with E-state index in [9.17, 15) is 22.4 Å². The number of hydrogen-bond acceptors (Lipinski definition) is 6. The molecule has 2 aliphatic heterocycles. The predicted molar refractivity (Wildman–Crippen MR) is 88.5 cm³/mol. The third kappa shape index (κ3) is 3.20. The first kappa shape index (κ1) is 18.4. The molecule has 0 saturated carbocycles. The molecule has 148 valence electrons. The molecular formula is C17H15F4N5O2. The van der Waals surface area contributed by atoms with Crippen molar-refractivity contribution in [2.75, 3.05) is 18.0 Å². The number of carbonyl (C=O) groups excluding carboxylic acids is 1. The number of hydrogen-bond donors (Lipinski definition) is 0. The highest BCUT2D eigenvalue weighted by Crippen LogP contribution is 2.35. The maximum absolute atomic E-state index is 14.7. The number of benzene rings is 1. The molecule has 7 nitrogen and oxygen atoms in total. The molecule has 1 saturated heterocycles. The van der Waals surface area contributed by atoms with Crippen molar-refractivity contribution in [1.29, 1.82) is 0 Å². The molecule has 11 heteroatoms. The Morgan fingerprint density at radius 1 is 1.25 bits per heavy atom. The number of rotatable bonds is 3. The minimum absolute atomic E-state index is 0.0728. The first-order valence-electron chi connectivity index (χ1n) is 8.61. The number of nitrogens with zero attached hydrogens (tertiary/aromatic N) is 5. The molecule has 1 amide bonds. The van der Waals surface area contributed by atoms with Gasteiger partial charge in [-0.05, 0) is 12.5 Å². The van der Waals surface area contributed by atoms with Gasteiger partial charge in [0.1, 0.15) is 12.0 Å². The number of aromatic nitrogens is 2. The predicted octanol–water partition coefficient (Wildman–Crippen LogP) is 2.61. The number of carbonyl (C=O) groups is 1. The van der Waals surface area contributed by atoms with Crippen molar-refractivity contribution < 1.29 is 26.8 Å². The van der Waals surface area contributed by atoms with Crippen LogP contribution in [0.15, 0.2) is 28.0 Å². The van der Waals surface area contributed by atoms with Gasteiger partial charge in [-0.15, -0.1) is 5.10 Å². The molecule has 0 unspecified atom stereocenters. The van der Waals surface area contributed by atoms with Gasteiger partial charge in [0.15, 0.2) is 11.6 Å². The molecule has 1 fully saturated rings. The Bertz CT molecular complexity index is 907. The van der Waals surface area contributed by atoms with Crippen LogP contribution in [0.2, 0.25) is 0 Å². The summed E-state index contributed by atoms with van der Waals surface area (Å²) in [5, 5.41) is 12.1. The zero-order valence-corrected chi connectivity index (χ0v) is 14.4. The highest BCUT2D eigenvalue weighted by atomic mass is 19.2. The fraction of sp³-hybridized carbons (Fsp3) is 0.412. The Labute approximate surface area is 156 Å². The quantitative estimate of drug-likeness (QED) is 0.588. The van der Waals surface area contributed by atoms with Gasteiger partial charge in [-0.1, -0.05) is 5.10 Å². The van der Waals surface area contributed by atoms with Gasteiger partial charge >= 0.3 is 6.01 Å². The average Bonchev–Trinajstić information content (AvgIpc) is 3.35. The van der Waals surface area contributed by atoms with Gasteiger partial charge in [0.2, 0.25) is 12.3 Å². The molecule has 2 aliphatic rings. The standard InChI is InChI=1S/C17H15F4N5O2/c18-9-5-11(15(21)12(19)6-9)14-1-3-23-26(14)16(27)10-2-4-25(7-13(10)20)17-24-22-8-28-17/h3,5-6,8,10,13-14H,1-2,4,7H2/t10-,13+,14+/m0/s1. The van der Waals surface area contributed by atoms with Gasteiger partial charge < -0.3 is 9.32 Å². The maximum atomic E-state index is 14.7. The van der Waals surface area contributed by atoms with Crippen molar-refractivity contribution >= 4 is 18.1 Å². The van der Waals surface area contributed by atoms with E-state index >= 15 is 0 Å². The van der Waals surface area contributed by atoms with Crippen LogP contribution in [-0.4, -0.2) is 46.6 Å². The largest absolute Gasteiger partial charge is 0.411 e. The molecule has 0 bridgehead atoms. The van der Waals surface area contributed by atoms with Crippen molar-refractivity contribution in [1.82, 2.24) is 15.2 Å². The number of halogens is 4. The lowest BCUT2D eigenvalue weighted by molar-refractivity contribution is -0.140. The van der Waals surface area contributed by atoms with Crippen molar-refractivity contribution in [3.05, 3.63) is 41.5 Å². The normalized spacial score (nSPS) is 24.8. The van der Waals surface area contributed by atoms with E-state index in [1.165, 1.54) is 11.1 Å². The Balaban J connectivity index is 1.52. The second kappa shape index (κ2) is 7.21. The first-order chi connectivity index (χ1) is 13.5. The third-order valence-corrected chi connectivity index (χ3v) is 4.91. The summed E-state index contributed by atoms with van der Waals surface area (Å²) in [7, 11) is 0. The lowest BCUT2D eigenvalue weighted by atomic mass is 9.93. The number of anilines is 1. The molecule has 1 aromatic carbocycles. The molecule has 2 aromatic rings. The summed E-state index contributed by atoms with van der Waals surface area (Å²) >= 11 is 0. The zero-order valence-electron chi connectivity index (χ0n) is 14.4. The number of piperidine rings is 1. The number of alkyl halides is 1. The van der Waals surface area contributed by atoms with Crippen molar-refractivity contribution in [3.8, 4) is 0 Å². The Kier molecular flexibility index (Phi) is 4.73. The Hall–Kier alpha value is -2.98. The van der Waals surface area contributed by atoms with Crippen LogP contribution in [0.25, 0.3) is 0 Å². The van der Waals surface area contributed by atoms with Crippen LogP contribution in [0.4, 0.5) is 23.6 Å². The minimum Gasteiger partial charge on any atom is -0.411 e. The fourth-order valence-electron chi connectivity index (χ4n) is 3.53. The number of amides is 1. The third-order valence-electron chi connectivity index (χ3n) is 4.91. The molecule has 0 N–H and O–H groups in total. The summed E-state index contributed by atoms with van der Waals surface area (Å²) in [6.45, 7) is 0.161. The van der Waals surface area contributed by atoms with E-state index < -0.39 is 41.5 Å². The highest BCUT2D eigenvalue weighted by Gasteiger charge is 2.41. The van der Waals surface area contributed by atoms with Gasteiger partial charge in [-0.2, -0.15) is 5.10 Å². The second-order valence-corrected chi connectivity index (χ2v) is 6.60. The Morgan fingerprint density at radius 3 is 2.79 bits per heavy atom. The summed E-state index contributed by atoms with van der Waals surface area (Å²) in [4.78, 5) is 14.4. The average molecular weight is 397 g/mol. The van der Waals surface area contributed by atoms with Crippen LogP contribution >= 0.6 is 0 Å². The lowest BCUT2D eigenvalue weighted by Gasteiger charge is -2.35. The summed E-state index contributed by atoms with van der Waals surface area (Å²) < 4.78 is 61.0. The van der Waals surface area contributed by atoms with Gasteiger partial charge in [0.25, 0.3) is 0 Å². The van der Waals surface area contributed by atoms with Crippen LogP contribution in [0, 0.1) is 23.4 Å². The highest BCUT2D eigenvalue weighted by molar-refractivity contribution is 5.82. The number of hydrazone groups is 1. The smallest absolute Gasteiger partial charge is 0.318 e. The molecule has 28 heavy (non-hydrogen) atoms. The summed E-state index contributed by atoms with van der Waals surface area (Å²) in [5.41, 5.74) is -0.331. The molecule has 0 spiro atoms. The Morgan fingerprint density at radius 2 is 2.07 bits per heavy atom. The molecule has 3 atom stereocenters. The van der Waals surface area contributed by atoms with E-state index in [1.807, 2.05) is 0 Å². The van der Waals surface area contributed by atoms with Crippen molar-refractivity contribution in [2.24, 2.45) is 11.0 Å². The summed E-state index contributed by atoms with van der Waals surface area (Å²) in [6, 6.07) is 0.372. The molecule has 0 aliphatic carbocycles. The van der Waals surface area contributed by atoms with E-state index in [0.29, 0.717) is 12.6 Å². The van der Waals surface area contributed by atoms with Crippen LogP contribution in [0.5, 0.6) is 0 Å². The van der Waals surface area contributed by atoms with Gasteiger partial charge in [0, 0.05) is 30.8 Å². The molecule has 0 radical (unpaired) electrons.